The Morgan fingerprint density at radius 1 is 1.43 bits per heavy atom. The molecule has 0 saturated heterocycles. The van der Waals surface area contributed by atoms with Gasteiger partial charge < -0.3 is 13.9 Å². The first kappa shape index (κ1) is 20.1. The van der Waals surface area contributed by atoms with Crippen molar-refractivity contribution in [2.45, 2.75) is 83.8 Å². The normalized spacial score (nSPS) is 25.0. The fourth-order valence-electron chi connectivity index (χ4n) is 2.03. The molecule has 1 rings (SSSR count). The average molecular weight is 339 g/mol. The van der Waals surface area contributed by atoms with Gasteiger partial charge in [0.25, 0.3) is 0 Å². The smallest absolute Gasteiger partial charge is 0.192 e. The molecule has 1 aliphatic heterocycles. The van der Waals surface area contributed by atoms with Crippen molar-refractivity contribution in [2.75, 3.05) is 0 Å². The Labute approximate surface area is 141 Å². The van der Waals surface area contributed by atoms with Gasteiger partial charge in [-0.1, -0.05) is 20.8 Å². The lowest BCUT2D eigenvalue weighted by Crippen LogP contribution is -2.47. The maximum absolute atomic E-state index is 11.5. The van der Waals surface area contributed by atoms with Gasteiger partial charge in [-0.15, -0.1) is 12.3 Å². The van der Waals surface area contributed by atoms with E-state index in [1.807, 2.05) is 6.92 Å². The van der Waals surface area contributed by atoms with Crippen LogP contribution < -0.4 is 0 Å². The summed E-state index contributed by atoms with van der Waals surface area (Å²) in [5.41, 5.74) is 0. The molecule has 0 aromatic heterocycles. The predicted molar refractivity (Wildman–Crippen MR) is 94.5 cm³/mol. The second-order valence-electron chi connectivity index (χ2n) is 7.57. The van der Waals surface area contributed by atoms with Gasteiger partial charge in [0, 0.05) is 6.42 Å². The third-order valence-corrected chi connectivity index (χ3v) is 9.17. The molecule has 130 valence electrons. The van der Waals surface area contributed by atoms with Crippen LogP contribution in [0.25, 0.3) is 0 Å². The number of ether oxygens (including phenoxy) is 2. The Kier molecular flexibility index (Phi) is 6.78. The Morgan fingerprint density at radius 2 is 2.04 bits per heavy atom. The summed E-state index contributed by atoms with van der Waals surface area (Å²) in [4.78, 5) is 11.5. The highest BCUT2D eigenvalue weighted by atomic mass is 28.4. The molecule has 0 aromatic carbocycles. The van der Waals surface area contributed by atoms with Crippen LogP contribution in [-0.2, 0) is 18.7 Å². The van der Waals surface area contributed by atoms with Gasteiger partial charge in [0.1, 0.15) is 6.10 Å². The number of hydrogen-bond donors (Lipinski definition) is 0. The first-order valence-electron chi connectivity index (χ1n) is 8.12. The fourth-order valence-corrected chi connectivity index (χ4v) is 3.47. The van der Waals surface area contributed by atoms with Crippen LogP contribution in [0.15, 0.2) is 12.2 Å². The lowest BCUT2D eigenvalue weighted by Gasteiger charge is -2.40. The summed E-state index contributed by atoms with van der Waals surface area (Å²) in [5.74, 6) is 2.59. The zero-order valence-corrected chi connectivity index (χ0v) is 16.4. The highest BCUT2D eigenvalue weighted by Crippen LogP contribution is 2.38. The first-order valence-corrected chi connectivity index (χ1v) is 11.0. The topological polar surface area (TPSA) is 44.8 Å². The molecule has 0 amide bonds. The van der Waals surface area contributed by atoms with Crippen molar-refractivity contribution < 1.29 is 18.7 Å². The van der Waals surface area contributed by atoms with E-state index in [4.69, 9.17) is 20.3 Å². The van der Waals surface area contributed by atoms with Crippen LogP contribution in [0.3, 0.4) is 0 Å². The number of carbonyl (C=O) groups excluding carboxylic acids is 1. The Morgan fingerprint density at radius 3 is 2.52 bits per heavy atom. The van der Waals surface area contributed by atoms with E-state index in [9.17, 15) is 4.79 Å². The molecule has 0 aliphatic carbocycles. The van der Waals surface area contributed by atoms with Crippen LogP contribution in [0.5, 0.6) is 0 Å². The van der Waals surface area contributed by atoms with E-state index >= 15 is 0 Å². The molecule has 0 N–H and O–H groups in total. The second kappa shape index (κ2) is 7.76. The predicted octanol–water partition coefficient (Wildman–Crippen LogP) is 3.68. The molecule has 0 fully saturated rings. The van der Waals surface area contributed by atoms with Crippen LogP contribution in [-0.4, -0.2) is 38.7 Å². The van der Waals surface area contributed by atoms with Crippen molar-refractivity contribution in [3.05, 3.63) is 12.2 Å². The van der Waals surface area contributed by atoms with Crippen molar-refractivity contribution in [1.29, 1.82) is 0 Å². The van der Waals surface area contributed by atoms with Crippen LogP contribution >= 0.6 is 0 Å². The Hall–Kier alpha value is -0.933. The van der Waals surface area contributed by atoms with Crippen LogP contribution in [0.4, 0.5) is 0 Å². The lowest BCUT2D eigenvalue weighted by molar-refractivity contribution is -0.186. The molecule has 0 bridgehead atoms. The molecule has 0 saturated carbocycles. The van der Waals surface area contributed by atoms with E-state index in [1.165, 1.54) is 6.08 Å². The zero-order valence-electron chi connectivity index (χ0n) is 15.4. The van der Waals surface area contributed by atoms with E-state index in [2.05, 4.69) is 39.8 Å². The largest absolute Gasteiger partial charge is 0.412 e. The van der Waals surface area contributed by atoms with E-state index in [0.717, 1.165) is 0 Å². The van der Waals surface area contributed by atoms with Crippen LogP contribution in [0, 0.1) is 12.3 Å². The molecule has 0 aromatic rings. The summed E-state index contributed by atoms with van der Waals surface area (Å²) < 4.78 is 17.9. The molecular weight excluding hydrogens is 308 g/mol. The van der Waals surface area contributed by atoms with Gasteiger partial charge in [-0.25, -0.2) is 0 Å². The van der Waals surface area contributed by atoms with E-state index in [1.54, 1.807) is 13.0 Å². The summed E-state index contributed by atoms with van der Waals surface area (Å²) in [5, 5.41) is 0.115. The molecule has 0 spiro atoms. The highest BCUT2D eigenvalue weighted by Gasteiger charge is 2.40. The Balaban J connectivity index is 2.77. The van der Waals surface area contributed by atoms with Crippen LogP contribution in [0.2, 0.25) is 18.1 Å². The maximum atomic E-state index is 11.5. The van der Waals surface area contributed by atoms with Gasteiger partial charge in [0.2, 0.25) is 0 Å². The van der Waals surface area contributed by atoms with Gasteiger partial charge >= 0.3 is 0 Å². The van der Waals surface area contributed by atoms with Gasteiger partial charge in [-0.2, -0.15) is 0 Å². The number of terminal acetylenes is 1. The number of ketones is 1. The van der Waals surface area contributed by atoms with Crippen molar-refractivity contribution in [1.82, 2.24) is 0 Å². The van der Waals surface area contributed by atoms with Gasteiger partial charge in [-0.3, -0.25) is 4.79 Å². The lowest BCUT2D eigenvalue weighted by atomic mass is 10.1. The minimum Gasteiger partial charge on any atom is -0.412 e. The van der Waals surface area contributed by atoms with Crippen molar-refractivity contribution in [3.8, 4) is 12.3 Å². The summed E-state index contributed by atoms with van der Waals surface area (Å²) in [6.07, 6.45) is 7.58. The number of hydrogen-bond acceptors (Lipinski definition) is 4. The second-order valence-corrected chi connectivity index (χ2v) is 12.3. The van der Waals surface area contributed by atoms with Gasteiger partial charge in [0.15, 0.2) is 20.4 Å². The molecule has 23 heavy (non-hydrogen) atoms. The molecule has 0 unspecified atom stereocenters. The third kappa shape index (κ3) is 5.57. The summed E-state index contributed by atoms with van der Waals surface area (Å²) in [7, 11) is -1.91. The quantitative estimate of drug-likeness (QED) is 0.547. The van der Waals surface area contributed by atoms with Crippen molar-refractivity contribution in [2.24, 2.45) is 0 Å². The summed E-state index contributed by atoms with van der Waals surface area (Å²) in [6, 6.07) is 0. The molecule has 4 nitrogen and oxygen atoms in total. The van der Waals surface area contributed by atoms with Gasteiger partial charge in [0.05, 0.1) is 12.2 Å². The average Bonchev–Trinajstić information content (AvgIpc) is 2.40. The molecule has 4 atom stereocenters. The zero-order chi connectivity index (χ0) is 17.8. The molecular formula is C18H30O4Si. The minimum absolute atomic E-state index is 0.0519. The third-order valence-electron chi connectivity index (χ3n) is 4.59. The molecule has 0 radical (unpaired) electrons. The van der Waals surface area contributed by atoms with Crippen LogP contribution in [0.1, 0.15) is 41.0 Å². The summed E-state index contributed by atoms with van der Waals surface area (Å²) in [6.45, 7) is 14.7. The Bertz CT molecular complexity index is 484. The van der Waals surface area contributed by atoms with Gasteiger partial charge in [-0.05, 0) is 44.1 Å². The van der Waals surface area contributed by atoms with E-state index in [0.29, 0.717) is 6.42 Å². The minimum atomic E-state index is -1.91. The summed E-state index contributed by atoms with van der Waals surface area (Å²) >= 11 is 0. The van der Waals surface area contributed by atoms with E-state index < -0.39 is 20.7 Å². The van der Waals surface area contributed by atoms with Crippen molar-refractivity contribution >= 4 is 14.1 Å². The number of carbonyl (C=O) groups is 1. The maximum Gasteiger partial charge on any atom is 0.192 e. The molecule has 1 heterocycles. The molecule has 1 aliphatic rings. The monoisotopic (exact) mass is 338 g/mol. The van der Waals surface area contributed by atoms with Crippen molar-refractivity contribution in [3.63, 3.8) is 0 Å². The number of rotatable bonds is 6. The molecule has 5 heteroatoms. The first-order chi connectivity index (χ1) is 10.5. The standard InChI is InChI=1S/C18H30O4Si/c1-9-10-16(14(3)22-23(7,8)18(4,5)6)21-17-12-11-15(19)13(2)20-17/h1,11-14,16-17H,10H2,2-8H3/t13-,14-,16-,17-/m0/s1. The SMILES string of the molecule is C#CC[C@H](O[C@H]1C=CC(=O)[C@H](C)O1)[C@H](C)O[Si](C)(C)C(C)(C)C. The highest BCUT2D eigenvalue weighted by molar-refractivity contribution is 6.74. The van der Waals surface area contributed by atoms with E-state index in [-0.39, 0.29) is 23.0 Å². The fraction of sp³-hybridized carbons (Fsp3) is 0.722.